The summed E-state index contributed by atoms with van der Waals surface area (Å²) in [5.41, 5.74) is 0.106. The van der Waals surface area contributed by atoms with Crippen molar-refractivity contribution in [3.8, 4) is 17.0 Å². The van der Waals surface area contributed by atoms with Crippen molar-refractivity contribution < 1.29 is 26.7 Å². The molecule has 30 heavy (non-hydrogen) atoms. The first-order valence-corrected chi connectivity index (χ1v) is 8.83. The fraction of sp³-hybridized carbons (Fsp3) is 0.200. The van der Waals surface area contributed by atoms with Gasteiger partial charge in [-0.05, 0) is 38.1 Å². The number of rotatable bonds is 6. The first-order chi connectivity index (χ1) is 14.1. The zero-order valence-corrected chi connectivity index (χ0v) is 15.9. The minimum Gasteiger partial charge on any atom is -0.406 e. The Hall–Kier alpha value is -3.43. The SMILES string of the molecule is CC(C)Nc1nc(Nc2c(F)cccc2F)cc(-c2cccc(OC(F)(F)F)c2)n1. The average molecular weight is 424 g/mol. The Kier molecular flexibility index (Phi) is 6.04. The molecule has 158 valence electrons. The first kappa shape index (κ1) is 21.3. The molecular formula is C20H17F5N4O. The second-order valence-electron chi connectivity index (χ2n) is 6.56. The van der Waals surface area contributed by atoms with Gasteiger partial charge in [-0.25, -0.2) is 13.8 Å². The van der Waals surface area contributed by atoms with E-state index in [1.165, 1.54) is 24.3 Å². The number of nitrogens with one attached hydrogen (secondary N) is 2. The number of hydrogen-bond donors (Lipinski definition) is 2. The van der Waals surface area contributed by atoms with Crippen LogP contribution in [0.1, 0.15) is 13.8 Å². The van der Waals surface area contributed by atoms with E-state index in [1.807, 2.05) is 13.8 Å². The molecule has 0 amide bonds. The second kappa shape index (κ2) is 8.52. The molecule has 0 atom stereocenters. The number of benzene rings is 2. The van der Waals surface area contributed by atoms with Gasteiger partial charge in [-0.2, -0.15) is 4.98 Å². The van der Waals surface area contributed by atoms with Gasteiger partial charge in [0.05, 0.1) is 5.69 Å². The number of aromatic nitrogens is 2. The summed E-state index contributed by atoms with van der Waals surface area (Å²) in [6.07, 6.45) is -4.84. The maximum atomic E-state index is 14.0. The highest BCUT2D eigenvalue weighted by molar-refractivity contribution is 5.68. The van der Waals surface area contributed by atoms with E-state index in [0.717, 1.165) is 24.3 Å². The number of para-hydroxylation sites is 1. The Balaban J connectivity index is 2.02. The molecule has 2 N–H and O–H groups in total. The van der Waals surface area contributed by atoms with Gasteiger partial charge in [-0.3, -0.25) is 0 Å². The van der Waals surface area contributed by atoms with Crippen molar-refractivity contribution in [2.24, 2.45) is 0 Å². The highest BCUT2D eigenvalue weighted by atomic mass is 19.4. The number of ether oxygens (including phenoxy) is 1. The molecule has 2 aromatic carbocycles. The van der Waals surface area contributed by atoms with Gasteiger partial charge in [0.25, 0.3) is 0 Å². The molecular weight excluding hydrogens is 407 g/mol. The third kappa shape index (κ3) is 5.56. The van der Waals surface area contributed by atoms with Gasteiger partial charge in [-0.1, -0.05) is 18.2 Å². The maximum absolute atomic E-state index is 14.0. The minimum atomic E-state index is -4.84. The topological polar surface area (TPSA) is 59.1 Å². The third-order valence-electron chi connectivity index (χ3n) is 3.72. The van der Waals surface area contributed by atoms with Crippen LogP contribution in [0.4, 0.5) is 39.4 Å². The van der Waals surface area contributed by atoms with E-state index in [0.29, 0.717) is 5.56 Å². The number of halogens is 5. The summed E-state index contributed by atoms with van der Waals surface area (Å²) in [6, 6.07) is 9.89. The van der Waals surface area contributed by atoms with Crippen LogP contribution in [0.25, 0.3) is 11.3 Å². The predicted molar refractivity (Wildman–Crippen MR) is 103 cm³/mol. The average Bonchev–Trinajstić information content (AvgIpc) is 2.63. The molecule has 0 fully saturated rings. The van der Waals surface area contributed by atoms with Crippen molar-refractivity contribution in [1.82, 2.24) is 9.97 Å². The van der Waals surface area contributed by atoms with Gasteiger partial charge in [0.1, 0.15) is 28.9 Å². The van der Waals surface area contributed by atoms with Crippen LogP contribution in [-0.4, -0.2) is 22.4 Å². The smallest absolute Gasteiger partial charge is 0.406 e. The van der Waals surface area contributed by atoms with Crippen LogP contribution in [0.2, 0.25) is 0 Å². The molecule has 3 aromatic rings. The number of anilines is 3. The lowest BCUT2D eigenvalue weighted by molar-refractivity contribution is -0.274. The molecule has 0 aliphatic rings. The van der Waals surface area contributed by atoms with Gasteiger partial charge in [0.2, 0.25) is 5.95 Å². The molecule has 0 unspecified atom stereocenters. The largest absolute Gasteiger partial charge is 0.573 e. The maximum Gasteiger partial charge on any atom is 0.573 e. The van der Waals surface area contributed by atoms with E-state index < -0.39 is 29.4 Å². The summed E-state index contributed by atoms with van der Waals surface area (Å²) in [5.74, 6) is -1.90. The third-order valence-corrected chi connectivity index (χ3v) is 3.72. The Morgan fingerprint density at radius 2 is 1.60 bits per heavy atom. The summed E-state index contributed by atoms with van der Waals surface area (Å²) >= 11 is 0. The van der Waals surface area contributed by atoms with E-state index in [1.54, 1.807) is 0 Å². The van der Waals surface area contributed by atoms with Gasteiger partial charge in [-0.15, -0.1) is 13.2 Å². The van der Waals surface area contributed by atoms with Gasteiger partial charge < -0.3 is 15.4 Å². The van der Waals surface area contributed by atoms with Crippen molar-refractivity contribution in [2.45, 2.75) is 26.3 Å². The van der Waals surface area contributed by atoms with Crippen LogP contribution in [0, 0.1) is 11.6 Å². The molecule has 3 rings (SSSR count). The highest BCUT2D eigenvalue weighted by Crippen LogP contribution is 2.30. The van der Waals surface area contributed by atoms with Crippen molar-refractivity contribution in [3.63, 3.8) is 0 Å². The van der Waals surface area contributed by atoms with Crippen LogP contribution < -0.4 is 15.4 Å². The van der Waals surface area contributed by atoms with Crippen LogP contribution in [0.15, 0.2) is 48.5 Å². The Labute approximate surface area is 168 Å². The molecule has 10 heteroatoms. The van der Waals surface area contributed by atoms with Crippen LogP contribution in [-0.2, 0) is 0 Å². The van der Waals surface area contributed by atoms with Crippen LogP contribution in [0.3, 0.4) is 0 Å². The molecule has 1 aromatic heterocycles. The molecule has 0 bridgehead atoms. The van der Waals surface area contributed by atoms with E-state index in [4.69, 9.17) is 0 Å². The van der Waals surface area contributed by atoms with Crippen LogP contribution >= 0.6 is 0 Å². The number of alkyl halides is 3. The van der Waals surface area contributed by atoms with Crippen molar-refractivity contribution in [3.05, 3.63) is 60.2 Å². The fourth-order valence-corrected chi connectivity index (χ4v) is 2.58. The van der Waals surface area contributed by atoms with E-state index in [9.17, 15) is 22.0 Å². The Bertz CT molecular complexity index is 1020. The first-order valence-electron chi connectivity index (χ1n) is 8.83. The lowest BCUT2D eigenvalue weighted by Gasteiger charge is -2.14. The summed E-state index contributed by atoms with van der Waals surface area (Å²) < 4.78 is 69.5. The van der Waals surface area contributed by atoms with Crippen molar-refractivity contribution >= 4 is 17.5 Å². The van der Waals surface area contributed by atoms with Gasteiger partial charge in [0, 0.05) is 17.7 Å². The highest BCUT2D eigenvalue weighted by Gasteiger charge is 2.31. The molecule has 0 aliphatic heterocycles. The molecule has 0 saturated carbocycles. The molecule has 0 radical (unpaired) electrons. The number of nitrogens with zero attached hydrogens (tertiary/aromatic N) is 2. The quantitative estimate of drug-likeness (QED) is 0.484. The Morgan fingerprint density at radius 1 is 0.933 bits per heavy atom. The van der Waals surface area contributed by atoms with E-state index in [-0.39, 0.29) is 23.5 Å². The molecule has 0 spiro atoms. The predicted octanol–water partition coefficient (Wildman–Crippen LogP) is 5.88. The fourth-order valence-electron chi connectivity index (χ4n) is 2.58. The lowest BCUT2D eigenvalue weighted by atomic mass is 10.1. The summed E-state index contributed by atoms with van der Waals surface area (Å²) in [7, 11) is 0. The Morgan fingerprint density at radius 3 is 2.23 bits per heavy atom. The zero-order chi connectivity index (χ0) is 21.9. The standard InChI is InChI=1S/C20H17F5N4O/c1-11(2)26-19-27-16(12-5-3-6-13(9-12)30-20(23,24)25)10-17(29-19)28-18-14(21)7-4-8-15(18)22/h3-11H,1-2H3,(H2,26,27,28,29). The second-order valence-corrected chi connectivity index (χ2v) is 6.56. The van der Waals surface area contributed by atoms with Crippen molar-refractivity contribution in [2.75, 3.05) is 10.6 Å². The molecule has 5 nitrogen and oxygen atoms in total. The van der Waals surface area contributed by atoms with E-state index in [2.05, 4.69) is 25.3 Å². The summed E-state index contributed by atoms with van der Waals surface area (Å²) in [5, 5.41) is 5.53. The lowest BCUT2D eigenvalue weighted by Crippen LogP contribution is -2.17. The van der Waals surface area contributed by atoms with Gasteiger partial charge in [0.15, 0.2) is 0 Å². The normalized spacial score (nSPS) is 11.5. The molecule has 0 aliphatic carbocycles. The van der Waals surface area contributed by atoms with E-state index >= 15 is 0 Å². The van der Waals surface area contributed by atoms with Gasteiger partial charge >= 0.3 is 6.36 Å². The van der Waals surface area contributed by atoms with Crippen LogP contribution in [0.5, 0.6) is 5.75 Å². The zero-order valence-electron chi connectivity index (χ0n) is 15.9. The minimum absolute atomic E-state index is 0.0503. The molecule has 0 saturated heterocycles. The number of hydrogen-bond acceptors (Lipinski definition) is 5. The monoisotopic (exact) mass is 424 g/mol. The van der Waals surface area contributed by atoms with Crippen molar-refractivity contribution in [1.29, 1.82) is 0 Å². The summed E-state index contributed by atoms with van der Waals surface area (Å²) in [6.45, 7) is 3.66. The summed E-state index contributed by atoms with van der Waals surface area (Å²) in [4.78, 5) is 8.46. The molecule has 1 heterocycles.